The third-order valence-electron chi connectivity index (χ3n) is 4.63. The van der Waals surface area contributed by atoms with Gasteiger partial charge in [-0.1, -0.05) is 71.1 Å². The van der Waals surface area contributed by atoms with Gasteiger partial charge in [0, 0.05) is 6.42 Å². The van der Waals surface area contributed by atoms with Crippen molar-refractivity contribution in [2.24, 2.45) is 5.92 Å². The molecule has 1 aliphatic rings. The summed E-state index contributed by atoms with van der Waals surface area (Å²) < 4.78 is 5.30. The van der Waals surface area contributed by atoms with Gasteiger partial charge in [0.15, 0.2) is 0 Å². The summed E-state index contributed by atoms with van der Waals surface area (Å²) in [5.74, 6) is 0.610. The van der Waals surface area contributed by atoms with Crippen molar-refractivity contribution in [3.8, 4) is 0 Å². The van der Waals surface area contributed by atoms with E-state index in [4.69, 9.17) is 4.74 Å². The molecule has 2 atom stereocenters. The fraction of sp³-hybridized carbons (Fsp3) is 0.944. The molecule has 1 rings (SSSR count). The average Bonchev–Trinajstić information content (AvgIpc) is 2.43. The molecular weight excluding hydrogens is 248 g/mol. The summed E-state index contributed by atoms with van der Waals surface area (Å²) in [6.45, 7) is 4.33. The minimum Gasteiger partial charge on any atom is -0.462 e. The Morgan fingerprint density at radius 2 is 1.50 bits per heavy atom. The molecule has 0 aliphatic carbocycles. The van der Waals surface area contributed by atoms with Crippen LogP contribution < -0.4 is 0 Å². The lowest BCUT2D eigenvalue weighted by atomic mass is 9.89. The van der Waals surface area contributed by atoms with E-state index in [-0.39, 0.29) is 12.1 Å². The molecule has 1 heterocycles. The highest BCUT2D eigenvalue weighted by atomic mass is 16.5. The van der Waals surface area contributed by atoms with Crippen LogP contribution in [-0.4, -0.2) is 12.1 Å². The van der Waals surface area contributed by atoms with Gasteiger partial charge in [-0.25, -0.2) is 0 Å². The van der Waals surface area contributed by atoms with Crippen molar-refractivity contribution in [1.29, 1.82) is 0 Å². The Morgan fingerprint density at radius 1 is 0.950 bits per heavy atom. The summed E-state index contributed by atoms with van der Waals surface area (Å²) in [5, 5.41) is 0. The zero-order valence-corrected chi connectivity index (χ0v) is 13.7. The Morgan fingerprint density at radius 3 is 2.05 bits per heavy atom. The van der Waals surface area contributed by atoms with Crippen LogP contribution in [0.1, 0.15) is 97.3 Å². The van der Waals surface area contributed by atoms with E-state index < -0.39 is 0 Å². The van der Waals surface area contributed by atoms with E-state index in [2.05, 4.69) is 13.8 Å². The third-order valence-corrected chi connectivity index (χ3v) is 4.63. The molecule has 0 radical (unpaired) electrons. The van der Waals surface area contributed by atoms with Gasteiger partial charge in [-0.15, -0.1) is 0 Å². The maximum atomic E-state index is 11.1. The van der Waals surface area contributed by atoms with E-state index in [1.807, 2.05) is 0 Å². The van der Waals surface area contributed by atoms with Crippen LogP contribution in [0.4, 0.5) is 0 Å². The zero-order valence-electron chi connectivity index (χ0n) is 13.7. The van der Waals surface area contributed by atoms with E-state index in [0.29, 0.717) is 12.3 Å². The molecule has 20 heavy (non-hydrogen) atoms. The monoisotopic (exact) mass is 282 g/mol. The maximum absolute atomic E-state index is 11.1. The second kappa shape index (κ2) is 11.2. The van der Waals surface area contributed by atoms with Gasteiger partial charge in [-0.2, -0.15) is 0 Å². The molecule has 0 aromatic rings. The lowest BCUT2D eigenvalue weighted by Gasteiger charge is -2.28. The first-order chi connectivity index (χ1) is 9.74. The average molecular weight is 282 g/mol. The number of unbranched alkanes of at least 4 members (excludes halogenated alkanes) is 9. The van der Waals surface area contributed by atoms with Crippen LogP contribution in [0.15, 0.2) is 0 Å². The summed E-state index contributed by atoms with van der Waals surface area (Å²) >= 11 is 0. The van der Waals surface area contributed by atoms with Gasteiger partial charge >= 0.3 is 5.97 Å². The van der Waals surface area contributed by atoms with Crippen molar-refractivity contribution >= 4 is 5.97 Å². The van der Waals surface area contributed by atoms with Crippen LogP contribution in [0.2, 0.25) is 0 Å². The van der Waals surface area contributed by atoms with E-state index in [0.717, 1.165) is 6.42 Å². The van der Waals surface area contributed by atoms with Crippen LogP contribution in [0.25, 0.3) is 0 Å². The van der Waals surface area contributed by atoms with Crippen LogP contribution in [0, 0.1) is 5.92 Å². The Bertz CT molecular complexity index is 250. The van der Waals surface area contributed by atoms with Crippen molar-refractivity contribution in [3.05, 3.63) is 0 Å². The Kier molecular flexibility index (Phi) is 9.78. The van der Waals surface area contributed by atoms with Crippen molar-refractivity contribution in [2.75, 3.05) is 0 Å². The van der Waals surface area contributed by atoms with Gasteiger partial charge in [0.1, 0.15) is 6.10 Å². The highest BCUT2D eigenvalue weighted by molar-refractivity contribution is 5.70. The van der Waals surface area contributed by atoms with E-state index >= 15 is 0 Å². The van der Waals surface area contributed by atoms with Gasteiger partial charge in [-0.3, -0.25) is 4.79 Å². The molecule has 2 nitrogen and oxygen atoms in total. The van der Waals surface area contributed by atoms with Gasteiger partial charge < -0.3 is 4.74 Å². The minimum atomic E-state index is -0.00294. The van der Waals surface area contributed by atoms with Gasteiger partial charge in [0.25, 0.3) is 0 Å². The molecule has 0 aromatic carbocycles. The quantitative estimate of drug-likeness (QED) is 0.362. The highest BCUT2D eigenvalue weighted by Gasteiger charge is 2.26. The first kappa shape index (κ1) is 17.5. The molecule has 0 spiro atoms. The Hall–Kier alpha value is -0.530. The number of rotatable bonds is 11. The Labute approximate surface area is 125 Å². The van der Waals surface area contributed by atoms with Crippen LogP contribution in [-0.2, 0) is 9.53 Å². The predicted molar refractivity (Wildman–Crippen MR) is 84.7 cm³/mol. The number of hydrogen-bond donors (Lipinski definition) is 0. The summed E-state index contributed by atoms with van der Waals surface area (Å²) in [6, 6.07) is 0. The topological polar surface area (TPSA) is 26.3 Å². The summed E-state index contributed by atoms with van der Waals surface area (Å²) in [6.07, 6.45) is 17.0. The molecule has 0 aromatic heterocycles. The second-order valence-corrected chi connectivity index (χ2v) is 6.46. The normalized spacial score (nSPS) is 22.8. The fourth-order valence-electron chi connectivity index (χ4n) is 3.17. The van der Waals surface area contributed by atoms with Gasteiger partial charge in [0.2, 0.25) is 0 Å². The molecule has 0 saturated carbocycles. The first-order valence-corrected chi connectivity index (χ1v) is 8.93. The number of hydrogen-bond acceptors (Lipinski definition) is 2. The molecule has 1 aliphatic heterocycles. The second-order valence-electron chi connectivity index (χ2n) is 6.46. The molecule has 0 amide bonds. The zero-order chi connectivity index (χ0) is 14.6. The molecule has 2 heteroatoms. The summed E-state index contributed by atoms with van der Waals surface area (Å²) in [7, 11) is 0. The smallest absolute Gasteiger partial charge is 0.306 e. The maximum Gasteiger partial charge on any atom is 0.306 e. The molecule has 0 N–H and O–H groups in total. The molecular formula is C18H34O2. The standard InChI is InChI=1S/C18H34O2/c1-3-4-5-6-7-8-9-10-11-12-13-17-14-15-18(19)20-16(17)2/h16-17H,3-15H2,1-2H3. The largest absolute Gasteiger partial charge is 0.462 e. The number of carbonyl (C=O) groups is 1. The lowest BCUT2D eigenvalue weighted by molar-refractivity contribution is -0.157. The van der Waals surface area contributed by atoms with Crippen LogP contribution >= 0.6 is 0 Å². The van der Waals surface area contributed by atoms with E-state index in [1.54, 1.807) is 0 Å². The van der Waals surface area contributed by atoms with Crippen molar-refractivity contribution < 1.29 is 9.53 Å². The van der Waals surface area contributed by atoms with Crippen LogP contribution in [0.3, 0.4) is 0 Å². The number of cyclic esters (lactones) is 1. The Balaban J connectivity index is 1.86. The molecule has 1 saturated heterocycles. The van der Waals surface area contributed by atoms with Crippen molar-refractivity contribution in [1.82, 2.24) is 0 Å². The van der Waals surface area contributed by atoms with Crippen molar-refractivity contribution in [2.45, 2.75) is 103 Å². The highest BCUT2D eigenvalue weighted by Crippen LogP contribution is 2.26. The van der Waals surface area contributed by atoms with E-state index in [1.165, 1.54) is 70.6 Å². The predicted octanol–water partition coefficient (Wildman–Crippen LogP) is 5.64. The number of ether oxygens (including phenoxy) is 1. The summed E-state index contributed by atoms with van der Waals surface area (Å²) in [5.41, 5.74) is 0. The first-order valence-electron chi connectivity index (χ1n) is 8.93. The molecule has 0 bridgehead atoms. The van der Waals surface area contributed by atoms with Gasteiger partial charge in [0.05, 0.1) is 0 Å². The van der Waals surface area contributed by atoms with Crippen molar-refractivity contribution in [3.63, 3.8) is 0 Å². The number of carbonyl (C=O) groups excluding carboxylic acids is 1. The summed E-state index contributed by atoms with van der Waals surface area (Å²) in [4.78, 5) is 11.1. The fourth-order valence-corrected chi connectivity index (χ4v) is 3.17. The lowest BCUT2D eigenvalue weighted by Crippen LogP contribution is -2.29. The van der Waals surface area contributed by atoms with E-state index in [9.17, 15) is 4.79 Å². The third kappa shape index (κ3) is 7.91. The SMILES string of the molecule is CCCCCCCCCCCCC1CCC(=O)OC1C. The molecule has 1 fully saturated rings. The van der Waals surface area contributed by atoms with Crippen LogP contribution in [0.5, 0.6) is 0 Å². The van der Waals surface area contributed by atoms with Gasteiger partial charge in [-0.05, 0) is 25.7 Å². The molecule has 118 valence electrons. The minimum absolute atomic E-state index is 0.00294. The molecule has 2 unspecified atom stereocenters. The number of esters is 1.